The molecule has 0 radical (unpaired) electrons. The molecule has 5 heteroatoms. The first-order chi connectivity index (χ1) is 11.0. The summed E-state index contributed by atoms with van der Waals surface area (Å²) in [6.07, 6.45) is 2.99. The minimum atomic E-state index is -0.982. The number of benzene rings is 2. The molecule has 0 spiro atoms. The molecule has 116 valence electrons. The van der Waals surface area contributed by atoms with E-state index in [0.29, 0.717) is 16.4 Å². The van der Waals surface area contributed by atoms with E-state index in [4.69, 9.17) is 22.4 Å². The van der Waals surface area contributed by atoms with Gasteiger partial charge in [-0.05, 0) is 30.5 Å². The van der Waals surface area contributed by atoms with Gasteiger partial charge in [0.05, 0.1) is 17.0 Å². The van der Waals surface area contributed by atoms with Crippen molar-refractivity contribution in [3.05, 3.63) is 89.1 Å². The first-order valence-corrected chi connectivity index (χ1v) is 7.15. The van der Waals surface area contributed by atoms with Crippen molar-refractivity contribution >= 4 is 29.0 Å². The summed E-state index contributed by atoms with van der Waals surface area (Å²) in [6.45, 7) is 3.94. The fourth-order valence-corrected chi connectivity index (χ4v) is 2.22. The lowest BCUT2D eigenvalue weighted by Gasteiger charge is -2.07. The quantitative estimate of drug-likeness (QED) is 0.816. The number of nitrogens with two attached hydrogens (primary N) is 1. The lowest BCUT2D eigenvalue weighted by atomic mass is 10.1. The number of carbonyl (C=O) groups is 1. The van der Waals surface area contributed by atoms with Crippen LogP contribution in [0.25, 0.3) is 5.70 Å². The summed E-state index contributed by atoms with van der Waals surface area (Å²) in [7, 11) is 0. The highest BCUT2D eigenvalue weighted by Gasteiger charge is 2.07. The molecule has 2 aromatic carbocycles. The monoisotopic (exact) mass is 326 g/mol. The van der Waals surface area contributed by atoms with Gasteiger partial charge < -0.3 is 10.8 Å². The average Bonchev–Trinajstić information content (AvgIpc) is 2.55. The third-order valence-electron chi connectivity index (χ3n) is 3.12. The number of nitrogens with zero attached hydrogens (tertiary/aromatic N) is 1. The Morgan fingerprint density at radius 1 is 1.13 bits per heavy atom. The number of allylic oxidation sites excluding steroid dienone is 1. The van der Waals surface area contributed by atoms with Gasteiger partial charge in [-0.25, -0.2) is 9.79 Å². The fourth-order valence-electron chi connectivity index (χ4n) is 1.97. The first kappa shape index (κ1) is 16.5. The number of aliphatic imine (C=N–C) groups is 1. The highest BCUT2D eigenvalue weighted by atomic mass is 35.5. The zero-order valence-electron chi connectivity index (χ0n) is 12.2. The SMILES string of the molecule is C=C(/N=C(\C=C/N)c1ccc(C(=O)O)cc1)c1ccccc1Cl. The van der Waals surface area contributed by atoms with Crippen molar-refractivity contribution in [1.82, 2.24) is 0 Å². The standard InChI is InChI=1S/C18H15ClN2O2/c1-12(15-4-2-3-5-16(15)19)21-17(10-11-20)13-6-8-14(9-7-13)18(22)23/h2-11H,1,20H2,(H,22,23)/b11-10-,21-17+. The predicted molar refractivity (Wildman–Crippen MR) is 93.8 cm³/mol. The van der Waals surface area contributed by atoms with Crippen molar-refractivity contribution in [2.45, 2.75) is 0 Å². The Hall–Kier alpha value is -2.85. The summed E-state index contributed by atoms with van der Waals surface area (Å²) in [4.78, 5) is 15.4. The van der Waals surface area contributed by atoms with Gasteiger partial charge in [-0.2, -0.15) is 0 Å². The molecular weight excluding hydrogens is 312 g/mol. The summed E-state index contributed by atoms with van der Waals surface area (Å²) in [5, 5.41) is 9.50. The van der Waals surface area contributed by atoms with Gasteiger partial charge in [0.25, 0.3) is 0 Å². The largest absolute Gasteiger partial charge is 0.478 e. The molecule has 23 heavy (non-hydrogen) atoms. The van der Waals surface area contributed by atoms with E-state index in [2.05, 4.69) is 11.6 Å². The lowest BCUT2D eigenvalue weighted by Crippen LogP contribution is -2.01. The zero-order valence-corrected chi connectivity index (χ0v) is 13.0. The van der Waals surface area contributed by atoms with E-state index < -0.39 is 5.97 Å². The van der Waals surface area contributed by atoms with E-state index in [-0.39, 0.29) is 5.56 Å². The summed E-state index contributed by atoms with van der Waals surface area (Å²) in [5.74, 6) is -0.982. The van der Waals surface area contributed by atoms with Crippen molar-refractivity contribution in [2.24, 2.45) is 10.7 Å². The Morgan fingerprint density at radius 2 is 1.74 bits per heavy atom. The Bertz CT molecular complexity index is 793. The molecule has 3 N–H and O–H groups in total. The third-order valence-corrected chi connectivity index (χ3v) is 3.45. The molecule has 0 saturated heterocycles. The molecule has 0 aliphatic heterocycles. The molecule has 0 heterocycles. The minimum Gasteiger partial charge on any atom is -0.478 e. The van der Waals surface area contributed by atoms with E-state index in [9.17, 15) is 4.79 Å². The molecule has 0 unspecified atom stereocenters. The van der Waals surface area contributed by atoms with Crippen LogP contribution in [0.4, 0.5) is 0 Å². The summed E-state index contributed by atoms with van der Waals surface area (Å²) in [5.41, 5.74) is 8.19. The second-order valence-corrected chi connectivity index (χ2v) is 5.07. The number of hydrogen-bond acceptors (Lipinski definition) is 3. The van der Waals surface area contributed by atoms with Gasteiger partial charge in [-0.1, -0.05) is 48.5 Å². The molecule has 0 aliphatic rings. The normalized spacial score (nSPS) is 11.6. The van der Waals surface area contributed by atoms with Gasteiger partial charge in [0.2, 0.25) is 0 Å². The summed E-state index contributed by atoms with van der Waals surface area (Å²) in [6, 6.07) is 13.6. The summed E-state index contributed by atoms with van der Waals surface area (Å²) < 4.78 is 0. The van der Waals surface area contributed by atoms with Crippen LogP contribution in [0.1, 0.15) is 21.5 Å². The third kappa shape index (κ3) is 4.08. The number of carboxylic acid groups (broad SMARTS) is 1. The van der Waals surface area contributed by atoms with Crippen LogP contribution in [-0.2, 0) is 0 Å². The van der Waals surface area contributed by atoms with Crippen LogP contribution in [-0.4, -0.2) is 16.8 Å². The molecule has 0 atom stereocenters. The maximum absolute atomic E-state index is 10.9. The molecule has 0 aliphatic carbocycles. The maximum Gasteiger partial charge on any atom is 0.335 e. The highest BCUT2D eigenvalue weighted by Crippen LogP contribution is 2.24. The smallest absolute Gasteiger partial charge is 0.335 e. The van der Waals surface area contributed by atoms with E-state index in [1.807, 2.05) is 18.2 Å². The molecule has 4 nitrogen and oxygen atoms in total. The van der Waals surface area contributed by atoms with Gasteiger partial charge in [0.15, 0.2) is 0 Å². The van der Waals surface area contributed by atoms with Crippen molar-refractivity contribution in [1.29, 1.82) is 0 Å². The van der Waals surface area contributed by atoms with Crippen LogP contribution >= 0.6 is 11.6 Å². The van der Waals surface area contributed by atoms with Gasteiger partial charge in [0, 0.05) is 16.1 Å². The van der Waals surface area contributed by atoms with Crippen molar-refractivity contribution in [2.75, 3.05) is 0 Å². The highest BCUT2D eigenvalue weighted by molar-refractivity contribution is 6.32. The number of aromatic carboxylic acids is 1. The Morgan fingerprint density at radius 3 is 2.30 bits per heavy atom. The Balaban J connectivity index is 2.39. The zero-order chi connectivity index (χ0) is 16.8. The van der Waals surface area contributed by atoms with Crippen LogP contribution in [0.15, 0.2) is 72.4 Å². The first-order valence-electron chi connectivity index (χ1n) is 6.77. The molecule has 2 rings (SSSR count). The molecule has 0 saturated carbocycles. The van der Waals surface area contributed by atoms with Crippen LogP contribution in [0.2, 0.25) is 5.02 Å². The topological polar surface area (TPSA) is 75.7 Å². The van der Waals surface area contributed by atoms with Crippen LogP contribution < -0.4 is 5.73 Å². The van der Waals surface area contributed by atoms with Crippen LogP contribution in [0, 0.1) is 0 Å². The molecule has 2 aromatic rings. The summed E-state index contributed by atoms with van der Waals surface area (Å²) >= 11 is 6.14. The molecule has 0 aromatic heterocycles. The second-order valence-electron chi connectivity index (χ2n) is 4.67. The molecule has 0 bridgehead atoms. The van der Waals surface area contributed by atoms with Crippen molar-refractivity contribution in [3.63, 3.8) is 0 Å². The maximum atomic E-state index is 10.9. The molecule has 0 amide bonds. The second kappa shape index (κ2) is 7.42. The van der Waals surface area contributed by atoms with Crippen LogP contribution in [0.3, 0.4) is 0 Å². The van der Waals surface area contributed by atoms with Gasteiger partial charge in [-0.15, -0.1) is 0 Å². The van der Waals surface area contributed by atoms with Gasteiger partial charge >= 0.3 is 5.97 Å². The number of hydrogen-bond donors (Lipinski definition) is 2. The molecule has 0 fully saturated rings. The number of carboxylic acids is 1. The predicted octanol–water partition coefficient (Wildman–Crippen LogP) is 3.97. The fraction of sp³-hybridized carbons (Fsp3) is 0. The lowest BCUT2D eigenvalue weighted by molar-refractivity contribution is 0.0697. The van der Waals surface area contributed by atoms with Crippen molar-refractivity contribution in [3.8, 4) is 0 Å². The number of rotatable bonds is 5. The molecular formula is C18H15ClN2O2. The van der Waals surface area contributed by atoms with E-state index in [0.717, 1.165) is 11.1 Å². The van der Waals surface area contributed by atoms with Crippen molar-refractivity contribution < 1.29 is 9.90 Å². The van der Waals surface area contributed by atoms with E-state index >= 15 is 0 Å². The number of halogens is 1. The Labute approximate surface area is 139 Å². The van der Waals surface area contributed by atoms with Gasteiger partial charge in [0.1, 0.15) is 0 Å². The Kier molecular flexibility index (Phi) is 5.33. The van der Waals surface area contributed by atoms with E-state index in [1.54, 1.807) is 24.3 Å². The van der Waals surface area contributed by atoms with Gasteiger partial charge in [-0.3, -0.25) is 0 Å². The minimum absolute atomic E-state index is 0.203. The van der Waals surface area contributed by atoms with Crippen LogP contribution in [0.5, 0.6) is 0 Å². The average molecular weight is 327 g/mol. The van der Waals surface area contributed by atoms with E-state index in [1.165, 1.54) is 18.3 Å².